The van der Waals surface area contributed by atoms with Crippen molar-refractivity contribution in [2.75, 3.05) is 11.9 Å². The van der Waals surface area contributed by atoms with Crippen LogP contribution in [0.2, 0.25) is 0 Å². The Morgan fingerprint density at radius 3 is 2.19 bits per heavy atom. The summed E-state index contributed by atoms with van der Waals surface area (Å²) in [4.78, 5) is 14.0. The molecule has 0 radical (unpaired) electrons. The van der Waals surface area contributed by atoms with Gasteiger partial charge in [0.2, 0.25) is 0 Å². The van der Waals surface area contributed by atoms with Crippen LogP contribution in [-0.4, -0.2) is 22.3 Å². The number of pyridine rings is 2. The molecule has 31 heavy (non-hydrogen) atoms. The first-order chi connectivity index (χ1) is 15.2. The molecule has 4 rings (SSSR count). The minimum Gasteiger partial charge on any atom is -0.490 e. The Morgan fingerprint density at radius 1 is 0.903 bits per heavy atom. The van der Waals surface area contributed by atoms with Gasteiger partial charge in [0.05, 0.1) is 24.2 Å². The maximum absolute atomic E-state index is 5.85. The molecular formula is C26H24N4O. The summed E-state index contributed by atoms with van der Waals surface area (Å²) in [7, 11) is 0. The number of nitrogens with one attached hydrogen (secondary N) is 1. The molecule has 0 saturated carbocycles. The zero-order valence-corrected chi connectivity index (χ0v) is 17.6. The van der Waals surface area contributed by atoms with Crippen LogP contribution in [-0.2, 0) is 0 Å². The number of aryl methyl sites for hydroxylation is 1. The van der Waals surface area contributed by atoms with E-state index in [4.69, 9.17) is 9.73 Å². The summed E-state index contributed by atoms with van der Waals surface area (Å²) in [5.74, 6) is 1.96. The summed E-state index contributed by atoms with van der Waals surface area (Å²) < 4.78 is 5.85. The Bertz CT molecular complexity index is 1130. The van der Waals surface area contributed by atoms with E-state index >= 15 is 0 Å². The summed E-state index contributed by atoms with van der Waals surface area (Å²) in [6.45, 7) is 4.42. The molecule has 0 atom stereocenters. The second kappa shape index (κ2) is 9.67. The third kappa shape index (κ3) is 5.14. The molecule has 5 nitrogen and oxygen atoms in total. The molecule has 4 aromatic rings. The molecule has 0 fully saturated rings. The molecule has 0 spiro atoms. The Hall–Kier alpha value is -3.99. The lowest BCUT2D eigenvalue weighted by Crippen LogP contribution is -2.04. The Morgan fingerprint density at radius 2 is 1.58 bits per heavy atom. The van der Waals surface area contributed by atoms with Gasteiger partial charge >= 0.3 is 0 Å². The van der Waals surface area contributed by atoms with Crippen molar-refractivity contribution in [2.45, 2.75) is 13.8 Å². The van der Waals surface area contributed by atoms with Crippen LogP contribution >= 0.6 is 0 Å². The average molecular weight is 409 g/mol. The molecule has 2 heterocycles. The fourth-order valence-electron chi connectivity index (χ4n) is 3.21. The number of rotatable bonds is 7. The molecular weight excluding hydrogens is 384 g/mol. The largest absolute Gasteiger partial charge is 0.490 e. The minimum atomic E-state index is 0.523. The highest BCUT2D eigenvalue weighted by atomic mass is 16.5. The van der Waals surface area contributed by atoms with E-state index in [9.17, 15) is 0 Å². The third-order valence-electron chi connectivity index (χ3n) is 4.61. The van der Waals surface area contributed by atoms with Crippen molar-refractivity contribution >= 4 is 23.0 Å². The van der Waals surface area contributed by atoms with Crippen LogP contribution in [0.15, 0.2) is 96.1 Å². The van der Waals surface area contributed by atoms with Crippen LogP contribution in [0.25, 0.3) is 0 Å². The van der Waals surface area contributed by atoms with Gasteiger partial charge in [-0.15, -0.1) is 0 Å². The second-order valence-corrected chi connectivity index (χ2v) is 6.95. The van der Waals surface area contributed by atoms with Crippen molar-refractivity contribution in [3.8, 4) is 5.75 Å². The number of hydrogen-bond donors (Lipinski definition) is 1. The van der Waals surface area contributed by atoms with Gasteiger partial charge in [0.25, 0.3) is 0 Å². The van der Waals surface area contributed by atoms with Crippen LogP contribution in [0.1, 0.15) is 23.7 Å². The first kappa shape index (κ1) is 20.3. The molecule has 2 aromatic carbocycles. The van der Waals surface area contributed by atoms with E-state index in [-0.39, 0.29) is 0 Å². The zero-order chi connectivity index (χ0) is 21.5. The molecule has 5 heteroatoms. The number of ether oxygens (including phenoxy) is 1. The summed E-state index contributed by atoms with van der Waals surface area (Å²) in [6.07, 6.45) is 1.74. The van der Waals surface area contributed by atoms with Crippen molar-refractivity contribution in [3.63, 3.8) is 0 Å². The molecule has 0 bridgehead atoms. The van der Waals surface area contributed by atoms with Gasteiger partial charge < -0.3 is 10.1 Å². The van der Waals surface area contributed by atoms with Crippen LogP contribution < -0.4 is 10.1 Å². The number of nitrogens with zero attached hydrogens (tertiary/aromatic N) is 3. The molecule has 0 unspecified atom stereocenters. The molecule has 154 valence electrons. The van der Waals surface area contributed by atoms with Crippen LogP contribution in [0.3, 0.4) is 0 Å². The second-order valence-electron chi connectivity index (χ2n) is 6.95. The van der Waals surface area contributed by atoms with E-state index in [0.29, 0.717) is 23.9 Å². The normalized spacial score (nSPS) is 10.4. The molecule has 0 amide bonds. The molecule has 0 aliphatic heterocycles. The average Bonchev–Trinajstić information content (AvgIpc) is 2.80. The van der Waals surface area contributed by atoms with E-state index in [0.717, 1.165) is 28.4 Å². The quantitative estimate of drug-likeness (QED) is 0.376. The zero-order valence-electron chi connectivity index (χ0n) is 17.6. The Balaban J connectivity index is 1.73. The van der Waals surface area contributed by atoms with E-state index in [2.05, 4.69) is 39.6 Å². The van der Waals surface area contributed by atoms with Gasteiger partial charge in [-0.3, -0.25) is 0 Å². The molecule has 2 aromatic heterocycles. The van der Waals surface area contributed by atoms with E-state index in [1.807, 2.05) is 74.5 Å². The third-order valence-corrected chi connectivity index (χ3v) is 4.61. The number of aliphatic imine (C=N–C) groups is 1. The fraction of sp³-hybridized carbons (Fsp3) is 0.115. The van der Waals surface area contributed by atoms with Gasteiger partial charge in [-0.25, -0.2) is 15.0 Å². The number of hydrogen-bond acceptors (Lipinski definition) is 5. The van der Waals surface area contributed by atoms with Crippen molar-refractivity contribution in [3.05, 3.63) is 108 Å². The van der Waals surface area contributed by atoms with Crippen molar-refractivity contribution in [2.24, 2.45) is 4.99 Å². The Kier molecular flexibility index (Phi) is 6.33. The minimum absolute atomic E-state index is 0.523. The first-order valence-electron chi connectivity index (χ1n) is 10.3. The maximum Gasteiger partial charge on any atom is 0.174 e. The lowest BCUT2D eigenvalue weighted by atomic mass is 10.0. The predicted molar refractivity (Wildman–Crippen MR) is 126 cm³/mol. The van der Waals surface area contributed by atoms with Gasteiger partial charge in [-0.2, -0.15) is 0 Å². The maximum atomic E-state index is 5.85. The number of aromatic nitrogens is 2. The van der Waals surface area contributed by atoms with Crippen LogP contribution in [0.5, 0.6) is 5.75 Å². The van der Waals surface area contributed by atoms with E-state index in [1.54, 1.807) is 6.20 Å². The summed E-state index contributed by atoms with van der Waals surface area (Å²) >= 11 is 0. The van der Waals surface area contributed by atoms with Gasteiger partial charge in [0, 0.05) is 22.9 Å². The van der Waals surface area contributed by atoms with Gasteiger partial charge in [0.15, 0.2) is 11.6 Å². The monoisotopic (exact) mass is 408 g/mol. The van der Waals surface area contributed by atoms with Gasteiger partial charge in [0.1, 0.15) is 5.82 Å². The highest BCUT2D eigenvalue weighted by Gasteiger charge is 2.11. The van der Waals surface area contributed by atoms with Crippen molar-refractivity contribution in [1.29, 1.82) is 0 Å². The highest BCUT2D eigenvalue weighted by molar-refractivity contribution is 6.13. The topological polar surface area (TPSA) is 59.4 Å². The standard InChI is InChI=1S/C26H24N4O/c1-3-31-23-17-22(18-27-26(23)30-24-16-10-11-19(2)28-24)29-25(20-12-6-4-7-13-20)21-14-8-5-9-15-21/h4-18H,3H2,1-2H3,(H,27,28,30). The predicted octanol–water partition coefficient (Wildman–Crippen LogP) is 6.10. The molecule has 0 saturated heterocycles. The van der Waals surface area contributed by atoms with E-state index < -0.39 is 0 Å². The Labute approximate surface area is 182 Å². The van der Waals surface area contributed by atoms with Crippen LogP contribution in [0, 0.1) is 6.92 Å². The van der Waals surface area contributed by atoms with Crippen LogP contribution in [0.4, 0.5) is 17.3 Å². The first-order valence-corrected chi connectivity index (χ1v) is 10.3. The summed E-state index contributed by atoms with van der Waals surface area (Å²) in [6, 6.07) is 28.0. The smallest absolute Gasteiger partial charge is 0.174 e. The number of anilines is 2. The van der Waals surface area contributed by atoms with Crippen molar-refractivity contribution < 1.29 is 4.74 Å². The summed E-state index contributed by atoms with van der Waals surface area (Å²) in [5, 5.41) is 3.25. The van der Waals surface area contributed by atoms with Gasteiger partial charge in [-0.05, 0) is 26.0 Å². The van der Waals surface area contributed by atoms with E-state index in [1.165, 1.54) is 0 Å². The van der Waals surface area contributed by atoms with Crippen molar-refractivity contribution in [1.82, 2.24) is 9.97 Å². The molecule has 0 aliphatic carbocycles. The summed E-state index contributed by atoms with van der Waals surface area (Å²) in [5.41, 5.74) is 4.61. The number of benzene rings is 2. The molecule has 0 aliphatic rings. The van der Waals surface area contributed by atoms with Gasteiger partial charge in [-0.1, -0.05) is 66.7 Å². The lowest BCUT2D eigenvalue weighted by molar-refractivity contribution is 0.341. The molecule has 1 N–H and O–H groups in total. The highest BCUT2D eigenvalue weighted by Crippen LogP contribution is 2.30. The fourth-order valence-corrected chi connectivity index (χ4v) is 3.21. The lowest BCUT2D eigenvalue weighted by Gasteiger charge is -2.13. The SMILES string of the molecule is CCOc1cc(N=C(c2ccccc2)c2ccccc2)cnc1Nc1cccc(C)n1.